The molecule has 0 aliphatic carbocycles. The summed E-state index contributed by atoms with van der Waals surface area (Å²) in [6, 6.07) is 20.7. The number of benzene rings is 3. The maximum Gasteiger partial charge on any atom is 0.126 e. The van der Waals surface area contributed by atoms with Crippen LogP contribution in [0, 0.1) is 20.8 Å². The molecule has 3 heteroatoms. The molecule has 0 heterocycles. The summed E-state index contributed by atoms with van der Waals surface area (Å²) in [7, 11) is 2.22. The summed E-state index contributed by atoms with van der Waals surface area (Å²) in [5.41, 5.74) is 6.55. The Balaban J connectivity index is 2.12. The van der Waals surface area contributed by atoms with E-state index >= 15 is 0 Å². The summed E-state index contributed by atoms with van der Waals surface area (Å²) in [6.07, 6.45) is 0. The Morgan fingerprint density at radius 2 is 1.62 bits per heavy atom. The van der Waals surface area contributed by atoms with Gasteiger partial charge >= 0.3 is 0 Å². The summed E-state index contributed by atoms with van der Waals surface area (Å²) in [6.45, 7) is 6.16. The second-order valence-corrected chi connectivity index (χ2v) is 7.83. The second kappa shape index (κ2) is 7.85. The van der Waals surface area contributed by atoms with E-state index in [0.717, 1.165) is 27.7 Å². The van der Waals surface area contributed by atoms with Crippen molar-refractivity contribution in [2.24, 2.45) is 4.99 Å². The van der Waals surface area contributed by atoms with Crippen molar-refractivity contribution < 1.29 is 5.11 Å². The normalized spacial score (nSPS) is 12.1. The van der Waals surface area contributed by atoms with Crippen LogP contribution in [0.25, 0.3) is 0 Å². The van der Waals surface area contributed by atoms with Crippen LogP contribution in [0.3, 0.4) is 0 Å². The lowest BCUT2D eigenvalue weighted by molar-refractivity contribution is 0.475. The lowest BCUT2D eigenvalue weighted by Crippen LogP contribution is -2.18. The summed E-state index contributed by atoms with van der Waals surface area (Å²) in [4.78, 5) is 4.59. The minimum Gasteiger partial charge on any atom is -0.507 e. The predicted molar refractivity (Wildman–Crippen MR) is 114 cm³/mol. The highest BCUT2D eigenvalue weighted by molar-refractivity contribution is 7.56. The molecule has 26 heavy (non-hydrogen) atoms. The van der Waals surface area contributed by atoms with E-state index in [2.05, 4.69) is 55.2 Å². The van der Waals surface area contributed by atoms with Crippen molar-refractivity contribution in [2.75, 3.05) is 7.05 Å². The largest absolute Gasteiger partial charge is 0.507 e. The van der Waals surface area contributed by atoms with Crippen LogP contribution in [0.4, 0.5) is 0 Å². The number of aryl methyl sites for hydroxylation is 3. The van der Waals surface area contributed by atoms with Crippen LogP contribution in [-0.2, 0) is 0 Å². The van der Waals surface area contributed by atoms with E-state index < -0.39 is 0 Å². The summed E-state index contributed by atoms with van der Waals surface area (Å²) < 4.78 is 0. The van der Waals surface area contributed by atoms with Gasteiger partial charge in [0.2, 0.25) is 0 Å². The third kappa shape index (κ3) is 3.71. The molecule has 0 bridgehead atoms. The molecule has 0 amide bonds. The summed E-state index contributed by atoms with van der Waals surface area (Å²) >= 11 is 0. The van der Waals surface area contributed by atoms with Crippen molar-refractivity contribution in [3.8, 4) is 5.75 Å². The van der Waals surface area contributed by atoms with Crippen LogP contribution in [-0.4, -0.2) is 17.9 Å². The van der Waals surface area contributed by atoms with E-state index in [1.54, 1.807) is 0 Å². The van der Waals surface area contributed by atoms with Gasteiger partial charge < -0.3 is 5.11 Å². The average molecular weight is 361 g/mol. The molecule has 0 fully saturated rings. The fraction of sp³-hybridized carbons (Fsp3) is 0.174. The summed E-state index contributed by atoms with van der Waals surface area (Å²) in [5, 5.41) is 12.8. The minimum absolute atomic E-state index is 0.376. The van der Waals surface area contributed by atoms with Crippen LogP contribution in [0.5, 0.6) is 5.75 Å². The molecule has 132 valence electrons. The molecule has 0 aliphatic heterocycles. The second-order valence-electron chi connectivity index (χ2n) is 6.54. The number of aliphatic imine (C=N–C) groups is 1. The van der Waals surface area contributed by atoms with Crippen molar-refractivity contribution in [3.63, 3.8) is 0 Å². The molecule has 3 rings (SSSR count). The van der Waals surface area contributed by atoms with E-state index in [0.29, 0.717) is 14.3 Å². The maximum absolute atomic E-state index is 10.6. The number of phenols is 1. The molecule has 0 saturated carbocycles. The molecule has 3 aromatic rings. The molecule has 1 N–H and O–H groups in total. The van der Waals surface area contributed by atoms with Crippen molar-refractivity contribution in [3.05, 3.63) is 88.5 Å². The van der Waals surface area contributed by atoms with E-state index in [-0.39, 0.29) is 0 Å². The molecule has 1 unspecified atom stereocenters. The first-order valence-electron chi connectivity index (χ1n) is 8.70. The Labute approximate surface area is 157 Å². The van der Waals surface area contributed by atoms with E-state index in [9.17, 15) is 5.11 Å². The van der Waals surface area contributed by atoms with Gasteiger partial charge in [0, 0.05) is 23.5 Å². The Kier molecular flexibility index (Phi) is 5.54. The van der Waals surface area contributed by atoms with E-state index in [1.807, 2.05) is 38.2 Å². The van der Waals surface area contributed by atoms with Gasteiger partial charge in [-0.3, -0.25) is 4.99 Å². The number of rotatable bonds is 4. The molecule has 0 aliphatic rings. The minimum atomic E-state index is 0.376. The van der Waals surface area contributed by atoms with Crippen LogP contribution in [0.2, 0.25) is 0 Å². The lowest BCUT2D eigenvalue weighted by atomic mass is 10.0. The van der Waals surface area contributed by atoms with Gasteiger partial charge in [-0.2, -0.15) is 0 Å². The Morgan fingerprint density at radius 1 is 0.885 bits per heavy atom. The van der Waals surface area contributed by atoms with Gasteiger partial charge in [-0.15, -0.1) is 0 Å². The maximum atomic E-state index is 10.6. The summed E-state index contributed by atoms with van der Waals surface area (Å²) in [5.74, 6) is 0.401. The van der Waals surface area contributed by atoms with Gasteiger partial charge in [0.05, 0.1) is 5.71 Å². The van der Waals surface area contributed by atoms with Gasteiger partial charge in [-0.05, 0) is 48.8 Å². The smallest absolute Gasteiger partial charge is 0.126 e. The fourth-order valence-corrected chi connectivity index (χ4v) is 4.72. The average Bonchev–Trinajstić information content (AvgIpc) is 2.63. The number of hydrogen-bond acceptors (Lipinski definition) is 2. The van der Waals surface area contributed by atoms with Crippen molar-refractivity contribution in [1.29, 1.82) is 0 Å². The molecule has 0 aromatic heterocycles. The van der Waals surface area contributed by atoms with Gasteiger partial charge in [0.15, 0.2) is 0 Å². The van der Waals surface area contributed by atoms with E-state index in [1.165, 1.54) is 16.4 Å². The van der Waals surface area contributed by atoms with Crippen molar-refractivity contribution >= 4 is 24.9 Å². The molecule has 0 spiro atoms. The molecule has 0 radical (unpaired) electrons. The van der Waals surface area contributed by atoms with Crippen LogP contribution in [0.1, 0.15) is 27.8 Å². The number of phenolic OH excluding ortho intramolecular Hbond substituents is 1. The molecular weight excluding hydrogens is 337 g/mol. The molecular formula is C23H24NOP. The number of aromatic hydroxyl groups is 1. The molecule has 3 aromatic carbocycles. The standard InChI is InChI=1S/C23H24NOP/c1-15-13-17(3)22(25)20(14-15)26-23-16(2)9-8-12-19(23)21(24-4)18-10-6-5-7-11-18/h5-14,25-26H,1-4H3. The van der Waals surface area contributed by atoms with Crippen LogP contribution >= 0.6 is 8.58 Å². The molecule has 0 saturated heterocycles. The van der Waals surface area contributed by atoms with Crippen molar-refractivity contribution in [1.82, 2.24) is 0 Å². The lowest BCUT2D eigenvalue weighted by Gasteiger charge is -2.17. The first-order chi connectivity index (χ1) is 12.5. The first kappa shape index (κ1) is 18.4. The fourth-order valence-electron chi connectivity index (χ4n) is 3.22. The molecule has 2 nitrogen and oxygen atoms in total. The van der Waals surface area contributed by atoms with Crippen LogP contribution in [0.15, 0.2) is 65.7 Å². The Hall–Kier alpha value is -2.44. The van der Waals surface area contributed by atoms with Gasteiger partial charge in [-0.25, -0.2) is 0 Å². The van der Waals surface area contributed by atoms with Gasteiger partial charge in [-0.1, -0.05) is 63.2 Å². The van der Waals surface area contributed by atoms with Gasteiger partial charge in [0.1, 0.15) is 5.75 Å². The third-order valence-electron chi connectivity index (χ3n) is 4.50. The van der Waals surface area contributed by atoms with Crippen molar-refractivity contribution in [2.45, 2.75) is 20.8 Å². The Bertz CT molecular complexity index is 961. The first-order valence-corrected chi connectivity index (χ1v) is 9.70. The molecule has 1 atom stereocenters. The number of nitrogens with zero attached hydrogens (tertiary/aromatic N) is 1. The predicted octanol–water partition coefficient (Wildman–Crippen LogP) is 4.41. The highest BCUT2D eigenvalue weighted by atomic mass is 31.1. The Morgan fingerprint density at radius 3 is 2.31 bits per heavy atom. The SMILES string of the molecule is CN=C(c1ccccc1)c1cccc(C)c1Pc1cc(C)cc(C)c1O. The van der Waals surface area contributed by atoms with Gasteiger partial charge in [0.25, 0.3) is 0 Å². The number of hydrogen-bond donors (Lipinski definition) is 1. The third-order valence-corrected chi connectivity index (χ3v) is 6.07. The monoisotopic (exact) mass is 361 g/mol. The van der Waals surface area contributed by atoms with E-state index in [4.69, 9.17) is 0 Å². The highest BCUT2D eigenvalue weighted by Crippen LogP contribution is 2.26. The van der Waals surface area contributed by atoms with Crippen LogP contribution < -0.4 is 10.6 Å². The zero-order valence-corrected chi connectivity index (χ0v) is 16.7. The zero-order chi connectivity index (χ0) is 18.7. The highest BCUT2D eigenvalue weighted by Gasteiger charge is 2.15. The quantitative estimate of drug-likeness (QED) is 0.542. The topological polar surface area (TPSA) is 32.6 Å². The zero-order valence-electron chi connectivity index (χ0n) is 15.7.